The molecule has 1 aliphatic heterocycles. The van der Waals surface area contributed by atoms with Gasteiger partial charge in [-0.15, -0.1) is 0 Å². The van der Waals surface area contributed by atoms with Crippen molar-refractivity contribution in [3.8, 4) is 0 Å². The van der Waals surface area contributed by atoms with Crippen LogP contribution in [0.15, 0.2) is 16.5 Å². The molecule has 4 heteroatoms. The number of amides is 1. The Kier molecular flexibility index (Phi) is 3.29. The minimum absolute atomic E-state index is 0.234. The molecule has 4 nitrogen and oxygen atoms in total. The number of nitrogens with zero attached hydrogens (tertiary/aromatic N) is 1. The number of nitrogens with two attached hydrogens (primary N) is 1. The van der Waals surface area contributed by atoms with E-state index in [1.54, 1.807) is 0 Å². The van der Waals surface area contributed by atoms with Crippen LogP contribution in [0.3, 0.4) is 0 Å². The van der Waals surface area contributed by atoms with Crippen molar-refractivity contribution in [3.63, 3.8) is 0 Å². The summed E-state index contributed by atoms with van der Waals surface area (Å²) in [6, 6.07) is 3.77. The maximum Gasteiger partial charge on any atom is 0.223 e. The third-order valence-corrected chi connectivity index (χ3v) is 3.14. The minimum atomic E-state index is 0.234. The molecule has 16 heavy (non-hydrogen) atoms. The third kappa shape index (κ3) is 2.27. The summed E-state index contributed by atoms with van der Waals surface area (Å²) in [5, 5.41) is 0. The van der Waals surface area contributed by atoms with Crippen molar-refractivity contribution in [2.75, 3.05) is 6.54 Å². The van der Waals surface area contributed by atoms with E-state index in [4.69, 9.17) is 10.2 Å². The predicted octanol–water partition coefficient (Wildman–Crippen LogP) is 1.50. The molecule has 1 saturated heterocycles. The molecule has 0 aliphatic carbocycles. The molecule has 0 radical (unpaired) electrons. The van der Waals surface area contributed by atoms with Gasteiger partial charge in [0, 0.05) is 13.0 Å². The number of likely N-dealkylation sites (tertiary alicyclic amines) is 1. The quantitative estimate of drug-likeness (QED) is 0.839. The molecule has 1 unspecified atom stereocenters. The molecule has 2 N–H and O–H groups in total. The van der Waals surface area contributed by atoms with E-state index in [0.717, 1.165) is 24.5 Å². The van der Waals surface area contributed by atoms with Crippen LogP contribution in [-0.2, 0) is 17.9 Å². The van der Waals surface area contributed by atoms with Gasteiger partial charge in [0.05, 0.1) is 13.1 Å². The lowest BCUT2D eigenvalue weighted by Crippen LogP contribution is -2.24. The maximum absolute atomic E-state index is 11.7. The zero-order valence-corrected chi connectivity index (χ0v) is 9.61. The number of hydrogen-bond acceptors (Lipinski definition) is 3. The fourth-order valence-corrected chi connectivity index (χ4v) is 2.09. The van der Waals surface area contributed by atoms with Crippen LogP contribution in [0, 0.1) is 5.92 Å². The predicted molar refractivity (Wildman–Crippen MR) is 60.4 cm³/mol. The lowest BCUT2D eigenvalue weighted by molar-refractivity contribution is -0.128. The first-order chi connectivity index (χ1) is 7.72. The number of hydrogen-bond donors (Lipinski definition) is 1. The second-order valence-corrected chi connectivity index (χ2v) is 4.32. The van der Waals surface area contributed by atoms with Crippen LogP contribution >= 0.6 is 0 Å². The summed E-state index contributed by atoms with van der Waals surface area (Å²) in [6.07, 6.45) is 1.75. The molecule has 1 aliphatic rings. The zero-order chi connectivity index (χ0) is 11.5. The molecule has 1 amide bonds. The van der Waals surface area contributed by atoms with Crippen molar-refractivity contribution in [1.82, 2.24) is 4.90 Å². The Hall–Kier alpha value is -1.29. The molecule has 2 heterocycles. The van der Waals surface area contributed by atoms with Gasteiger partial charge >= 0.3 is 0 Å². The largest absolute Gasteiger partial charge is 0.463 e. The number of carbonyl (C=O) groups is 1. The monoisotopic (exact) mass is 222 g/mol. The third-order valence-electron chi connectivity index (χ3n) is 3.14. The normalized spacial score (nSPS) is 20.8. The highest BCUT2D eigenvalue weighted by Gasteiger charge is 2.28. The maximum atomic E-state index is 11.7. The molecule has 1 atom stereocenters. The first kappa shape index (κ1) is 11.2. The van der Waals surface area contributed by atoms with E-state index in [-0.39, 0.29) is 5.91 Å². The average Bonchev–Trinajstić information content (AvgIpc) is 2.87. The topological polar surface area (TPSA) is 59.5 Å². The summed E-state index contributed by atoms with van der Waals surface area (Å²) in [6.45, 7) is 3.97. The van der Waals surface area contributed by atoms with Crippen molar-refractivity contribution in [3.05, 3.63) is 23.7 Å². The molecule has 1 fully saturated rings. The first-order valence-electron chi connectivity index (χ1n) is 5.78. The van der Waals surface area contributed by atoms with Gasteiger partial charge < -0.3 is 15.1 Å². The molecular formula is C12H18N2O2. The average molecular weight is 222 g/mol. The highest BCUT2D eigenvalue weighted by atomic mass is 16.3. The Bertz CT molecular complexity index is 373. The van der Waals surface area contributed by atoms with Crippen molar-refractivity contribution in [1.29, 1.82) is 0 Å². The SMILES string of the molecule is CCC1CC(=O)N(Cc2ccc(CN)o2)C1. The minimum Gasteiger partial charge on any atom is -0.463 e. The van der Waals surface area contributed by atoms with Gasteiger partial charge in [0.1, 0.15) is 11.5 Å². The van der Waals surface area contributed by atoms with E-state index in [9.17, 15) is 4.79 Å². The first-order valence-corrected chi connectivity index (χ1v) is 5.78. The van der Waals surface area contributed by atoms with E-state index in [0.29, 0.717) is 25.4 Å². The van der Waals surface area contributed by atoms with E-state index in [2.05, 4.69) is 6.92 Å². The van der Waals surface area contributed by atoms with Crippen LogP contribution in [0.5, 0.6) is 0 Å². The van der Waals surface area contributed by atoms with Crippen LogP contribution in [0.2, 0.25) is 0 Å². The summed E-state index contributed by atoms with van der Waals surface area (Å²) in [7, 11) is 0. The summed E-state index contributed by atoms with van der Waals surface area (Å²) in [4.78, 5) is 13.6. The van der Waals surface area contributed by atoms with Gasteiger partial charge in [-0.05, 0) is 18.1 Å². The van der Waals surface area contributed by atoms with Gasteiger partial charge in [0.15, 0.2) is 0 Å². The van der Waals surface area contributed by atoms with Crippen LogP contribution in [0.4, 0.5) is 0 Å². The molecule has 0 spiro atoms. The summed E-state index contributed by atoms with van der Waals surface area (Å²) >= 11 is 0. The summed E-state index contributed by atoms with van der Waals surface area (Å²) in [5.74, 6) is 2.34. The van der Waals surface area contributed by atoms with Gasteiger partial charge in [-0.25, -0.2) is 0 Å². The van der Waals surface area contributed by atoms with Gasteiger partial charge in [-0.2, -0.15) is 0 Å². The highest BCUT2D eigenvalue weighted by molar-refractivity contribution is 5.78. The molecule has 88 valence electrons. The van der Waals surface area contributed by atoms with Crippen molar-refractivity contribution >= 4 is 5.91 Å². The molecule has 0 aromatic carbocycles. The van der Waals surface area contributed by atoms with Crippen molar-refractivity contribution in [2.24, 2.45) is 11.7 Å². The van der Waals surface area contributed by atoms with Gasteiger partial charge in [0.2, 0.25) is 5.91 Å². The Morgan fingerprint density at radius 1 is 1.50 bits per heavy atom. The van der Waals surface area contributed by atoms with Crippen LogP contribution in [-0.4, -0.2) is 17.4 Å². The second-order valence-electron chi connectivity index (χ2n) is 4.32. The fraction of sp³-hybridized carbons (Fsp3) is 0.583. The lowest BCUT2D eigenvalue weighted by atomic mass is 10.1. The Labute approximate surface area is 95.4 Å². The van der Waals surface area contributed by atoms with Gasteiger partial charge in [-0.3, -0.25) is 4.79 Å². The van der Waals surface area contributed by atoms with Crippen molar-refractivity contribution in [2.45, 2.75) is 32.9 Å². The smallest absolute Gasteiger partial charge is 0.223 e. The fourth-order valence-electron chi connectivity index (χ4n) is 2.09. The summed E-state index contributed by atoms with van der Waals surface area (Å²) in [5.41, 5.74) is 5.47. The van der Waals surface area contributed by atoms with E-state index < -0.39 is 0 Å². The molecule has 0 bridgehead atoms. The molecule has 1 aromatic heterocycles. The number of carbonyl (C=O) groups excluding carboxylic acids is 1. The lowest BCUT2D eigenvalue weighted by Gasteiger charge is -2.14. The molecule has 2 rings (SSSR count). The summed E-state index contributed by atoms with van der Waals surface area (Å²) < 4.78 is 5.49. The van der Waals surface area contributed by atoms with Crippen LogP contribution < -0.4 is 5.73 Å². The number of furan rings is 1. The Balaban J connectivity index is 1.97. The van der Waals surface area contributed by atoms with Crippen molar-refractivity contribution < 1.29 is 9.21 Å². The van der Waals surface area contributed by atoms with E-state index >= 15 is 0 Å². The molecule has 1 aromatic rings. The van der Waals surface area contributed by atoms with Gasteiger partial charge in [-0.1, -0.05) is 13.3 Å². The standard InChI is InChI=1S/C12H18N2O2/c1-2-9-5-12(15)14(7-9)8-11-4-3-10(6-13)16-11/h3-4,9H,2,5-8,13H2,1H3. The highest BCUT2D eigenvalue weighted by Crippen LogP contribution is 2.22. The van der Waals surface area contributed by atoms with Crippen LogP contribution in [0.25, 0.3) is 0 Å². The number of rotatable bonds is 4. The second kappa shape index (κ2) is 4.70. The van der Waals surface area contributed by atoms with E-state index in [1.807, 2.05) is 17.0 Å². The Morgan fingerprint density at radius 3 is 2.81 bits per heavy atom. The van der Waals surface area contributed by atoms with E-state index in [1.165, 1.54) is 0 Å². The Morgan fingerprint density at radius 2 is 2.25 bits per heavy atom. The van der Waals surface area contributed by atoms with Gasteiger partial charge in [0.25, 0.3) is 0 Å². The molecule has 0 saturated carbocycles. The molecular weight excluding hydrogens is 204 g/mol. The zero-order valence-electron chi connectivity index (χ0n) is 9.61. The van der Waals surface area contributed by atoms with Crippen LogP contribution in [0.1, 0.15) is 31.3 Å².